The van der Waals surface area contributed by atoms with Crippen LogP contribution in [0.5, 0.6) is 0 Å². The van der Waals surface area contributed by atoms with Crippen LogP contribution in [0.4, 0.5) is 0 Å². The van der Waals surface area contributed by atoms with Crippen molar-refractivity contribution in [3.8, 4) is 0 Å². The van der Waals surface area contributed by atoms with E-state index in [1.54, 1.807) is 7.11 Å². The van der Waals surface area contributed by atoms with Crippen LogP contribution in [0, 0.1) is 10.8 Å². The third-order valence-corrected chi connectivity index (χ3v) is 5.69. The maximum Gasteiger partial charge on any atom is 0.191 e. The lowest BCUT2D eigenvalue weighted by Crippen LogP contribution is -2.47. The topological polar surface area (TPSA) is 75.1 Å². The van der Waals surface area contributed by atoms with Crippen molar-refractivity contribution in [2.45, 2.75) is 45.4 Å². The van der Waals surface area contributed by atoms with Gasteiger partial charge in [-0.25, -0.2) is 0 Å². The van der Waals surface area contributed by atoms with E-state index in [0.29, 0.717) is 12.0 Å². The van der Waals surface area contributed by atoms with Gasteiger partial charge in [-0.15, -0.1) is 24.0 Å². The summed E-state index contributed by atoms with van der Waals surface area (Å²) in [7, 11) is 1.77. The lowest BCUT2D eigenvalue weighted by atomic mass is 9.67. The molecule has 1 aliphatic carbocycles. The van der Waals surface area contributed by atoms with Crippen LogP contribution in [-0.2, 0) is 9.47 Å². The zero-order valence-electron chi connectivity index (χ0n) is 15.8. The zero-order chi connectivity index (χ0) is 17.3. The molecule has 7 heteroatoms. The summed E-state index contributed by atoms with van der Waals surface area (Å²) in [5.41, 5.74) is 0.240. The summed E-state index contributed by atoms with van der Waals surface area (Å²) < 4.78 is 10.7. The maximum atomic E-state index is 9.81. The summed E-state index contributed by atoms with van der Waals surface area (Å²) in [5, 5.41) is 16.7. The van der Waals surface area contributed by atoms with Gasteiger partial charge in [0.15, 0.2) is 5.96 Å². The number of aliphatic hydroxyl groups excluding tert-OH is 1. The molecule has 0 aromatic heterocycles. The lowest BCUT2D eigenvalue weighted by Gasteiger charge is -2.42. The normalized spacial score (nSPS) is 21.8. The number of aliphatic hydroxyl groups is 1. The van der Waals surface area contributed by atoms with Gasteiger partial charge in [0, 0.05) is 45.4 Å². The average Bonchev–Trinajstić information content (AvgIpc) is 2.59. The minimum atomic E-state index is -0.120. The van der Waals surface area contributed by atoms with E-state index in [2.05, 4.69) is 17.6 Å². The molecule has 1 heterocycles. The Morgan fingerprint density at radius 2 is 1.88 bits per heavy atom. The van der Waals surface area contributed by atoms with Crippen LogP contribution in [0.25, 0.3) is 0 Å². The van der Waals surface area contributed by atoms with Gasteiger partial charge in [-0.2, -0.15) is 0 Å². The highest BCUT2D eigenvalue weighted by Gasteiger charge is 2.36. The highest BCUT2D eigenvalue weighted by molar-refractivity contribution is 14.0. The van der Waals surface area contributed by atoms with Crippen LogP contribution in [0.15, 0.2) is 4.99 Å². The van der Waals surface area contributed by atoms with Crippen LogP contribution in [0.3, 0.4) is 0 Å². The van der Waals surface area contributed by atoms with E-state index < -0.39 is 0 Å². The average molecular weight is 469 g/mol. The Hall–Kier alpha value is -0.120. The Morgan fingerprint density at radius 1 is 1.16 bits per heavy atom. The summed E-state index contributed by atoms with van der Waals surface area (Å²) in [6.07, 6.45) is 6.70. The molecule has 1 aliphatic heterocycles. The number of halogens is 1. The van der Waals surface area contributed by atoms with Crippen molar-refractivity contribution in [2.24, 2.45) is 15.8 Å². The number of ether oxygens (including phenoxy) is 2. The highest BCUT2D eigenvalue weighted by Crippen LogP contribution is 2.43. The van der Waals surface area contributed by atoms with Gasteiger partial charge in [0.25, 0.3) is 0 Å². The molecule has 0 aromatic carbocycles. The van der Waals surface area contributed by atoms with Gasteiger partial charge in [-0.05, 0) is 44.4 Å². The Bertz CT molecular complexity index is 397. The number of aliphatic imine (C=N–C) groups is 1. The molecular formula is C18H36IN3O3. The van der Waals surface area contributed by atoms with Crippen molar-refractivity contribution in [3.05, 3.63) is 0 Å². The lowest BCUT2D eigenvalue weighted by molar-refractivity contribution is -0.0106. The number of nitrogens with zero attached hydrogens (tertiary/aromatic N) is 1. The van der Waals surface area contributed by atoms with Gasteiger partial charge in [-0.3, -0.25) is 4.99 Å². The second kappa shape index (κ2) is 11.6. The first kappa shape index (κ1) is 22.9. The van der Waals surface area contributed by atoms with Gasteiger partial charge < -0.3 is 25.2 Å². The Kier molecular flexibility index (Phi) is 10.6. The van der Waals surface area contributed by atoms with Crippen molar-refractivity contribution in [1.82, 2.24) is 10.6 Å². The van der Waals surface area contributed by atoms with Crippen LogP contribution in [0.2, 0.25) is 0 Å². The number of hydrogen-bond acceptors (Lipinski definition) is 4. The summed E-state index contributed by atoms with van der Waals surface area (Å²) in [4.78, 5) is 4.77. The van der Waals surface area contributed by atoms with Crippen molar-refractivity contribution in [2.75, 3.05) is 53.2 Å². The second-order valence-corrected chi connectivity index (χ2v) is 7.42. The number of guanidine groups is 1. The van der Waals surface area contributed by atoms with Gasteiger partial charge in [-0.1, -0.05) is 6.42 Å². The molecule has 6 nitrogen and oxygen atoms in total. The predicted molar refractivity (Wildman–Crippen MR) is 112 cm³/mol. The molecule has 148 valence electrons. The third kappa shape index (κ3) is 6.84. The molecule has 0 bridgehead atoms. The molecular weight excluding hydrogens is 433 g/mol. The number of nitrogens with one attached hydrogen (secondary N) is 2. The van der Waals surface area contributed by atoms with E-state index in [1.165, 1.54) is 19.3 Å². The number of rotatable bonds is 9. The first-order valence-electron chi connectivity index (χ1n) is 9.37. The zero-order valence-corrected chi connectivity index (χ0v) is 18.1. The van der Waals surface area contributed by atoms with E-state index in [0.717, 1.165) is 58.1 Å². The molecule has 2 rings (SSSR count). The molecule has 1 saturated heterocycles. The molecule has 0 amide bonds. The first-order valence-corrected chi connectivity index (χ1v) is 9.37. The van der Waals surface area contributed by atoms with Crippen molar-refractivity contribution >= 4 is 29.9 Å². The molecule has 0 unspecified atom stereocenters. The third-order valence-electron chi connectivity index (χ3n) is 5.69. The second-order valence-electron chi connectivity index (χ2n) is 7.42. The van der Waals surface area contributed by atoms with Gasteiger partial charge in [0.2, 0.25) is 0 Å². The van der Waals surface area contributed by atoms with Crippen LogP contribution >= 0.6 is 24.0 Å². The van der Waals surface area contributed by atoms with Crippen LogP contribution in [-0.4, -0.2) is 64.2 Å². The minimum absolute atomic E-state index is 0. The molecule has 0 spiro atoms. The fraction of sp³-hybridized carbons (Fsp3) is 0.944. The maximum absolute atomic E-state index is 9.81. The Balaban J connectivity index is 0.00000312. The molecule has 0 radical (unpaired) electrons. The molecule has 0 atom stereocenters. The smallest absolute Gasteiger partial charge is 0.191 e. The standard InChI is InChI=1S/C18H35N3O3.HI/c1-3-19-16(20-13-17(5-4-6-17)7-10-23-2)21-14-18(15-22)8-11-24-12-9-18;/h22H,3-15H2,1-2H3,(H2,19,20,21);1H. The largest absolute Gasteiger partial charge is 0.396 e. The Labute approximate surface area is 169 Å². The van der Waals surface area contributed by atoms with E-state index in [4.69, 9.17) is 14.5 Å². The SMILES string of the molecule is CCNC(=NCC1(CO)CCOCC1)NCC1(CCOC)CCC1.I. The first-order chi connectivity index (χ1) is 11.7. The quantitative estimate of drug-likeness (QED) is 0.274. The van der Waals surface area contributed by atoms with Crippen LogP contribution in [0.1, 0.15) is 45.4 Å². The van der Waals surface area contributed by atoms with Gasteiger partial charge in [0.1, 0.15) is 0 Å². The molecule has 3 N–H and O–H groups in total. The summed E-state index contributed by atoms with van der Waals surface area (Å²) >= 11 is 0. The fourth-order valence-corrected chi connectivity index (χ4v) is 3.54. The van der Waals surface area contributed by atoms with Gasteiger partial charge >= 0.3 is 0 Å². The molecule has 1 saturated carbocycles. The van der Waals surface area contributed by atoms with E-state index in [-0.39, 0.29) is 36.0 Å². The molecule has 2 aliphatic rings. The van der Waals surface area contributed by atoms with E-state index in [9.17, 15) is 5.11 Å². The Morgan fingerprint density at radius 3 is 2.40 bits per heavy atom. The molecule has 25 heavy (non-hydrogen) atoms. The van der Waals surface area contributed by atoms with Crippen molar-refractivity contribution in [3.63, 3.8) is 0 Å². The number of hydrogen-bond donors (Lipinski definition) is 3. The highest BCUT2D eigenvalue weighted by atomic mass is 127. The minimum Gasteiger partial charge on any atom is -0.396 e. The monoisotopic (exact) mass is 469 g/mol. The number of methoxy groups -OCH3 is 1. The molecule has 2 fully saturated rings. The van der Waals surface area contributed by atoms with Crippen molar-refractivity contribution < 1.29 is 14.6 Å². The van der Waals surface area contributed by atoms with E-state index in [1.807, 2.05) is 0 Å². The summed E-state index contributed by atoms with van der Waals surface area (Å²) in [5.74, 6) is 0.862. The van der Waals surface area contributed by atoms with Crippen molar-refractivity contribution in [1.29, 1.82) is 0 Å². The predicted octanol–water partition coefficient (Wildman–Crippen LogP) is 2.16. The summed E-state index contributed by atoms with van der Waals surface area (Å²) in [6, 6.07) is 0. The fourth-order valence-electron chi connectivity index (χ4n) is 3.54. The summed E-state index contributed by atoms with van der Waals surface area (Å²) in [6.45, 7) is 6.95. The molecule has 0 aromatic rings. The van der Waals surface area contributed by atoms with E-state index >= 15 is 0 Å². The van der Waals surface area contributed by atoms with Crippen LogP contribution < -0.4 is 10.6 Å². The van der Waals surface area contributed by atoms with Gasteiger partial charge in [0.05, 0.1) is 13.2 Å².